The summed E-state index contributed by atoms with van der Waals surface area (Å²) in [6.07, 6.45) is 4.25. The van der Waals surface area contributed by atoms with Gasteiger partial charge in [-0.1, -0.05) is 18.3 Å². The van der Waals surface area contributed by atoms with Crippen LogP contribution in [0.25, 0.3) is 11.0 Å². The number of hydrogen-bond donors (Lipinski definition) is 2. The van der Waals surface area contributed by atoms with E-state index in [0.717, 1.165) is 38.3 Å². The molecule has 5 rings (SSSR count). The summed E-state index contributed by atoms with van der Waals surface area (Å²) in [7, 11) is 0. The first-order chi connectivity index (χ1) is 15.5. The minimum absolute atomic E-state index is 0.0234. The van der Waals surface area contributed by atoms with E-state index in [4.69, 9.17) is 0 Å². The van der Waals surface area contributed by atoms with Crippen LogP contribution in [0.15, 0.2) is 30.6 Å². The summed E-state index contributed by atoms with van der Waals surface area (Å²) >= 11 is 0. The summed E-state index contributed by atoms with van der Waals surface area (Å²) in [5.41, 5.74) is 2.02. The molecule has 0 bridgehead atoms. The van der Waals surface area contributed by atoms with Gasteiger partial charge >= 0.3 is 0 Å². The Morgan fingerprint density at radius 1 is 1.22 bits per heavy atom. The average molecular weight is 439 g/mol. The molecule has 32 heavy (non-hydrogen) atoms. The highest BCUT2D eigenvalue weighted by Gasteiger charge is 2.34. The van der Waals surface area contributed by atoms with Crippen LogP contribution in [-0.2, 0) is 0 Å². The smallest absolute Gasteiger partial charge is 0.298 e. The Morgan fingerprint density at radius 2 is 2.03 bits per heavy atom. The molecule has 0 spiro atoms. The van der Waals surface area contributed by atoms with E-state index < -0.39 is 5.91 Å². The van der Waals surface area contributed by atoms with Gasteiger partial charge in [0.2, 0.25) is 5.95 Å². The van der Waals surface area contributed by atoms with Crippen LogP contribution in [0.3, 0.4) is 0 Å². The van der Waals surface area contributed by atoms with Crippen molar-refractivity contribution < 1.29 is 9.28 Å². The zero-order valence-electron chi connectivity index (χ0n) is 18.3. The third-order valence-electron chi connectivity index (χ3n) is 5.96. The van der Waals surface area contributed by atoms with Gasteiger partial charge in [-0.05, 0) is 30.5 Å². The molecular weight excluding hydrogens is 411 g/mol. The number of rotatable bonds is 5. The Balaban J connectivity index is 1.43. The maximum atomic E-state index is 14.2. The van der Waals surface area contributed by atoms with Crippen LogP contribution in [-0.4, -0.2) is 63.3 Å². The number of halogens is 1. The number of pyridine rings is 1. The third kappa shape index (κ3) is 3.86. The molecule has 0 aliphatic carbocycles. The molecule has 2 aliphatic rings. The molecule has 2 N–H and O–H groups in total. The Morgan fingerprint density at radius 3 is 2.75 bits per heavy atom. The van der Waals surface area contributed by atoms with Gasteiger partial charge < -0.3 is 20.1 Å². The minimum atomic E-state index is -0.636. The monoisotopic (exact) mass is 438 g/mol. The molecule has 168 valence electrons. The summed E-state index contributed by atoms with van der Waals surface area (Å²) in [5.74, 6) is 0.741. The number of fused-ring (bicyclic) bond motifs is 3. The van der Waals surface area contributed by atoms with Crippen molar-refractivity contribution in [2.45, 2.75) is 26.3 Å². The molecule has 1 fully saturated rings. The zero-order valence-corrected chi connectivity index (χ0v) is 18.3. The van der Waals surface area contributed by atoms with Gasteiger partial charge in [0.15, 0.2) is 0 Å². The van der Waals surface area contributed by atoms with E-state index in [9.17, 15) is 9.28 Å². The first-order valence-corrected chi connectivity index (χ1v) is 11.0. The summed E-state index contributed by atoms with van der Waals surface area (Å²) in [6.45, 7) is 8.05. The average Bonchev–Trinajstić information content (AvgIpc) is 3.17. The zero-order chi connectivity index (χ0) is 22.2. The number of aromatic nitrogens is 4. The highest BCUT2D eigenvalue weighted by atomic mass is 19.2. The summed E-state index contributed by atoms with van der Waals surface area (Å²) in [5, 5.41) is 7.51. The van der Waals surface area contributed by atoms with E-state index in [1.807, 2.05) is 22.9 Å². The fourth-order valence-electron chi connectivity index (χ4n) is 4.49. The van der Waals surface area contributed by atoms with Gasteiger partial charge in [0, 0.05) is 37.8 Å². The molecule has 0 saturated carbocycles. The summed E-state index contributed by atoms with van der Waals surface area (Å²) in [4.78, 5) is 28.2. The number of piperazine rings is 1. The number of amides is 1. The van der Waals surface area contributed by atoms with Gasteiger partial charge in [-0.2, -0.15) is 10.1 Å². The van der Waals surface area contributed by atoms with Crippen molar-refractivity contribution in [2.75, 3.05) is 42.9 Å². The highest BCUT2D eigenvalue weighted by Crippen LogP contribution is 2.32. The SMILES string of the molecule is CC(C)CC1CN(F)C(=O)c2cc3cnc(Nc4ccc(N5CCNCC5)cn4)nc3n21. The lowest BCUT2D eigenvalue weighted by Gasteiger charge is -2.30. The predicted molar refractivity (Wildman–Crippen MR) is 121 cm³/mol. The molecule has 10 heteroatoms. The number of nitrogens with zero attached hydrogens (tertiary/aromatic N) is 6. The molecule has 1 unspecified atom stereocenters. The maximum Gasteiger partial charge on any atom is 0.298 e. The van der Waals surface area contributed by atoms with Gasteiger partial charge in [-0.15, -0.1) is 0 Å². The molecule has 3 aromatic heterocycles. The van der Waals surface area contributed by atoms with Crippen molar-refractivity contribution in [3.8, 4) is 0 Å². The first kappa shape index (κ1) is 20.6. The van der Waals surface area contributed by atoms with Crippen molar-refractivity contribution in [2.24, 2.45) is 5.92 Å². The second kappa shape index (κ2) is 8.34. The lowest BCUT2D eigenvalue weighted by atomic mass is 10.0. The topological polar surface area (TPSA) is 91.2 Å². The number of nitrogens with one attached hydrogen (secondary N) is 2. The van der Waals surface area contributed by atoms with Crippen molar-refractivity contribution >= 4 is 34.4 Å². The van der Waals surface area contributed by atoms with Crippen LogP contribution in [0.2, 0.25) is 0 Å². The Hall–Kier alpha value is -3.27. The molecule has 5 heterocycles. The standard InChI is InChI=1S/C22H27FN8O/c1-14(2)9-17-13-30(23)21(32)18-10-15-11-26-22(28-20(15)31(17)18)27-19-4-3-16(12-25-19)29-7-5-24-6-8-29/h3-4,10-12,14,17,24H,5-9,13H2,1-2H3,(H,25,26,27,28). The van der Waals surface area contributed by atoms with Crippen molar-refractivity contribution in [1.29, 1.82) is 0 Å². The quantitative estimate of drug-likeness (QED) is 0.592. The fourth-order valence-corrected chi connectivity index (χ4v) is 4.49. The molecule has 2 aliphatic heterocycles. The number of anilines is 3. The Bertz CT molecular complexity index is 1120. The van der Waals surface area contributed by atoms with Gasteiger partial charge in [0.25, 0.3) is 5.91 Å². The van der Waals surface area contributed by atoms with Crippen molar-refractivity contribution in [1.82, 2.24) is 30.0 Å². The van der Waals surface area contributed by atoms with E-state index in [-0.39, 0.29) is 12.6 Å². The summed E-state index contributed by atoms with van der Waals surface area (Å²) in [6, 6.07) is 5.43. The van der Waals surface area contributed by atoms with Crippen LogP contribution < -0.4 is 15.5 Å². The second-order valence-corrected chi connectivity index (χ2v) is 8.77. The van der Waals surface area contributed by atoms with Crippen LogP contribution >= 0.6 is 0 Å². The van der Waals surface area contributed by atoms with E-state index >= 15 is 0 Å². The molecule has 0 radical (unpaired) electrons. The summed E-state index contributed by atoms with van der Waals surface area (Å²) < 4.78 is 16.1. The van der Waals surface area contributed by atoms with Gasteiger partial charge in [0.05, 0.1) is 24.5 Å². The van der Waals surface area contributed by atoms with Gasteiger partial charge in [0.1, 0.15) is 17.2 Å². The van der Waals surface area contributed by atoms with Gasteiger partial charge in [-0.25, -0.2) is 9.97 Å². The van der Waals surface area contributed by atoms with Gasteiger partial charge in [-0.3, -0.25) is 4.79 Å². The maximum absolute atomic E-state index is 14.2. The molecule has 1 atom stereocenters. The third-order valence-corrected chi connectivity index (χ3v) is 5.96. The largest absolute Gasteiger partial charge is 0.368 e. The molecular formula is C22H27FN8O. The van der Waals surface area contributed by atoms with Crippen molar-refractivity contribution in [3.05, 3.63) is 36.3 Å². The van der Waals surface area contributed by atoms with Crippen LogP contribution in [0, 0.1) is 5.92 Å². The fraction of sp³-hybridized carbons (Fsp3) is 0.455. The molecule has 0 aromatic carbocycles. The van der Waals surface area contributed by atoms with E-state index in [0.29, 0.717) is 39.5 Å². The minimum Gasteiger partial charge on any atom is -0.368 e. The Kier molecular flexibility index (Phi) is 5.38. The molecule has 9 nitrogen and oxygen atoms in total. The number of carbonyl (C=O) groups is 1. The molecule has 1 amide bonds. The number of hydrogen-bond acceptors (Lipinski definition) is 7. The Labute approximate surface area is 185 Å². The van der Waals surface area contributed by atoms with Crippen LogP contribution in [0.1, 0.15) is 36.8 Å². The van der Waals surface area contributed by atoms with E-state index in [1.54, 1.807) is 12.3 Å². The number of carbonyl (C=O) groups excluding carboxylic acids is 1. The van der Waals surface area contributed by atoms with E-state index in [2.05, 4.69) is 44.3 Å². The highest BCUT2D eigenvalue weighted by molar-refractivity contribution is 5.98. The van der Waals surface area contributed by atoms with Crippen molar-refractivity contribution in [3.63, 3.8) is 0 Å². The lowest BCUT2D eigenvalue weighted by molar-refractivity contribution is 0.00148. The normalized spacial score (nSPS) is 19.0. The van der Waals surface area contributed by atoms with Crippen LogP contribution in [0.4, 0.5) is 21.9 Å². The first-order valence-electron chi connectivity index (χ1n) is 11.0. The second-order valence-electron chi connectivity index (χ2n) is 8.77. The van der Waals surface area contributed by atoms with E-state index in [1.165, 1.54) is 0 Å². The molecule has 3 aromatic rings. The predicted octanol–water partition coefficient (Wildman–Crippen LogP) is 2.91. The van der Waals surface area contributed by atoms with Crippen LogP contribution in [0.5, 0.6) is 0 Å². The molecule has 1 saturated heterocycles. The lowest BCUT2D eigenvalue weighted by Crippen LogP contribution is -2.43.